The van der Waals surface area contributed by atoms with Crippen LogP contribution in [-0.4, -0.2) is 15.0 Å². The molecule has 0 unspecified atom stereocenters. The van der Waals surface area contributed by atoms with Crippen LogP contribution in [0.15, 0.2) is 168 Å². The van der Waals surface area contributed by atoms with Crippen molar-refractivity contribution >= 4 is 43.5 Å². The van der Waals surface area contributed by atoms with Gasteiger partial charge in [0.25, 0.3) is 0 Å². The van der Waals surface area contributed by atoms with Crippen molar-refractivity contribution in [3.63, 3.8) is 0 Å². The molecule has 1 aliphatic rings. The Morgan fingerprint density at radius 2 is 0.961 bits per heavy atom. The van der Waals surface area contributed by atoms with Crippen LogP contribution < -0.4 is 0 Å². The van der Waals surface area contributed by atoms with Crippen LogP contribution in [0.25, 0.3) is 111 Å². The maximum absolute atomic E-state index is 6.49. The van der Waals surface area contributed by atoms with E-state index in [1.54, 1.807) is 0 Å². The molecule has 0 saturated carbocycles. The fraction of sp³-hybridized carbons (Fsp3) is 0. The largest absolute Gasteiger partial charge is 0.456 e. The average molecular weight is 650 g/mol. The second kappa shape index (κ2) is 10.8. The van der Waals surface area contributed by atoms with E-state index in [2.05, 4.69) is 121 Å². The highest BCUT2D eigenvalue weighted by atomic mass is 16.3. The summed E-state index contributed by atoms with van der Waals surface area (Å²) in [6, 6.07) is 57.4. The van der Waals surface area contributed by atoms with Crippen LogP contribution in [0.1, 0.15) is 0 Å². The molecule has 236 valence electrons. The van der Waals surface area contributed by atoms with Gasteiger partial charge in [0, 0.05) is 27.5 Å². The number of fused-ring (bicyclic) bond motifs is 7. The number of hydrogen-bond donors (Lipinski definition) is 0. The number of aromatic nitrogens is 3. The third-order valence-electron chi connectivity index (χ3n) is 10.3. The zero-order valence-corrected chi connectivity index (χ0v) is 27.3. The third-order valence-corrected chi connectivity index (χ3v) is 10.3. The van der Waals surface area contributed by atoms with E-state index in [4.69, 9.17) is 19.4 Å². The number of benzene rings is 8. The molecule has 0 radical (unpaired) electrons. The molecule has 4 heteroatoms. The molecule has 10 aromatic rings. The summed E-state index contributed by atoms with van der Waals surface area (Å²) in [4.78, 5) is 15.3. The van der Waals surface area contributed by atoms with E-state index in [0.717, 1.165) is 49.6 Å². The van der Waals surface area contributed by atoms with Gasteiger partial charge in [0.2, 0.25) is 0 Å². The lowest BCUT2D eigenvalue weighted by atomic mass is 9.93. The lowest BCUT2D eigenvalue weighted by Crippen LogP contribution is -2.00. The van der Waals surface area contributed by atoms with Crippen molar-refractivity contribution in [2.45, 2.75) is 0 Å². The first-order valence-electron chi connectivity index (χ1n) is 17.2. The average Bonchev–Trinajstić information content (AvgIpc) is 3.74. The van der Waals surface area contributed by atoms with Crippen LogP contribution in [0.5, 0.6) is 0 Å². The Morgan fingerprint density at radius 3 is 1.82 bits per heavy atom. The Bertz CT molecular complexity index is 3000. The van der Waals surface area contributed by atoms with Crippen LogP contribution >= 0.6 is 0 Å². The van der Waals surface area contributed by atoms with Crippen LogP contribution in [0.2, 0.25) is 0 Å². The summed E-state index contributed by atoms with van der Waals surface area (Å²) in [5, 5.41) is 6.89. The van der Waals surface area contributed by atoms with Gasteiger partial charge in [0.05, 0.1) is 0 Å². The summed E-state index contributed by atoms with van der Waals surface area (Å²) >= 11 is 0. The minimum Gasteiger partial charge on any atom is -0.456 e. The smallest absolute Gasteiger partial charge is 0.164 e. The molecular weight excluding hydrogens is 623 g/mol. The molecule has 51 heavy (non-hydrogen) atoms. The Kier molecular flexibility index (Phi) is 5.92. The maximum Gasteiger partial charge on any atom is 0.164 e. The molecule has 0 bridgehead atoms. The molecule has 1 aliphatic carbocycles. The summed E-state index contributed by atoms with van der Waals surface area (Å²) in [7, 11) is 0. The SMILES string of the molecule is c1ccc(-c2nc(-c3ccc4ccccc4c3)nc(-c3cccc4oc5ccc(-c6ccc7c8c(cccc68)-c6ccccc6-7)cc5c34)n2)cc1. The monoisotopic (exact) mass is 649 g/mol. The first-order chi connectivity index (χ1) is 25.3. The number of nitrogens with zero attached hydrogens (tertiary/aromatic N) is 3. The van der Waals surface area contributed by atoms with Gasteiger partial charge in [-0.15, -0.1) is 0 Å². The summed E-state index contributed by atoms with van der Waals surface area (Å²) < 4.78 is 6.49. The molecule has 0 aliphatic heterocycles. The van der Waals surface area contributed by atoms with Crippen molar-refractivity contribution in [2.24, 2.45) is 0 Å². The quantitative estimate of drug-likeness (QED) is 0.190. The first-order valence-corrected chi connectivity index (χ1v) is 17.2. The van der Waals surface area contributed by atoms with Gasteiger partial charge in [-0.05, 0) is 79.2 Å². The highest BCUT2D eigenvalue weighted by Crippen LogP contribution is 2.49. The first kappa shape index (κ1) is 28.0. The molecule has 0 amide bonds. The molecule has 4 nitrogen and oxygen atoms in total. The van der Waals surface area contributed by atoms with E-state index in [0.29, 0.717) is 17.5 Å². The summed E-state index contributed by atoms with van der Waals surface area (Å²) in [5.74, 6) is 1.86. The lowest BCUT2D eigenvalue weighted by molar-refractivity contribution is 0.669. The molecule has 0 atom stereocenters. The van der Waals surface area contributed by atoms with Gasteiger partial charge in [-0.2, -0.15) is 0 Å². The summed E-state index contributed by atoms with van der Waals surface area (Å²) in [5.41, 5.74) is 11.9. The van der Waals surface area contributed by atoms with E-state index >= 15 is 0 Å². The second-order valence-corrected chi connectivity index (χ2v) is 13.2. The van der Waals surface area contributed by atoms with E-state index < -0.39 is 0 Å². The second-order valence-electron chi connectivity index (χ2n) is 13.2. The van der Waals surface area contributed by atoms with E-state index in [9.17, 15) is 0 Å². The van der Waals surface area contributed by atoms with Crippen molar-refractivity contribution in [2.75, 3.05) is 0 Å². The maximum atomic E-state index is 6.49. The minimum atomic E-state index is 0.605. The standard InChI is InChI=1S/C47H27N3O/c1-2-11-29(12-3-1)45-48-46(32-21-20-28-10-4-5-13-30(28)26-32)50-47(49-45)39-18-9-19-42-44(39)40-27-31(22-25-41(40)51-42)33-23-24-38-35-15-7-6-14-34(35)37-17-8-16-36(33)43(37)38/h1-27H. The minimum absolute atomic E-state index is 0.605. The van der Waals surface area contributed by atoms with E-state index in [1.807, 2.05) is 42.5 Å². The third kappa shape index (κ3) is 4.30. The number of rotatable bonds is 4. The van der Waals surface area contributed by atoms with Gasteiger partial charge in [0.1, 0.15) is 11.2 Å². The van der Waals surface area contributed by atoms with Gasteiger partial charge >= 0.3 is 0 Å². The summed E-state index contributed by atoms with van der Waals surface area (Å²) in [6.07, 6.45) is 0. The number of furan rings is 1. The molecule has 8 aromatic carbocycles. The molecule has 0 saturated heterocycles. The zero-order chi connectivity index (χ0) is 33.5. The van der Waals surface area contributed by atoms with Crippen molar-refractivity contribution < 1.29 is 4.42 Å². The van der Waals surface area contributed by atoms with Crippen molar-refractivity contribution in [3.05, 3.63) is 164 Å². The molecule has 0 fully saturated rings. The van der Waals surface area contributed by atoms with Gasteiger partial charge in [-0.1, -0.05) is 140 Å². The van der Waals surface area contributed by atoms with Crippen molar-refractivity contribution in [1.29, 1.82) is 0 Å². The Balaban J connectivity index is 1.12. The fourth-order valence-corrected chi connectivity index (χ4v) is 7.91. The lowest BCUT2D eigenvalue weighted by Gasteiger charge is -2.11. The van der Waals surface area contributed by atoms with Gasteiger partial charge < -0.3 is 4.42 Å². The fourth-order valence-electron chi connectivity index (χ4n) is 7.91. The highest BCUT2D eigenvalue weighted by Gasteiger charge is 2.23. The van der Waals surface area contributed by atoms with Crippen LogP contribution in [0, 0.1) is 0 Å². The van der Waals surface area contributed by atoms with E-state index in [1.165, 1.54) is 44.0 Å². The Morgan fingerprint density at radius 1 is 0.314 bits per heavy atom. The molecule has 2 aromatic heterocycles. The topological polar surface area (TPSA) is 51.8 Å². The van der Waals surface area contributed by atoms with E-state index in [-0.39, 0.29) is 0 Å². The number of hydrogen-bond acceptors (Lipinski definition) is 4. The molecule has 2 heterocycles. The normalized spacial score (nSPS) is 11.9. The van der Waals surface area contributed by atoms with Gasteiger partial charge in [-0.3, -0.25) is 0 Å². The predicted molar refractivity (Wildman–Crippen MR) is 208 cm³/mol. The zero-order valence-electron chi connectivity index (χ0n) is 27.3. The van der Waals surface area contributed by atoms with Crippen LogP contribution in [0.4, 0.5) is 0 Å². The molecule has 11 rings (SSSR count). The molecule has 0 N–H and O–H groups in total. The Labute approximate surface area is 293 Å². The van der Waals surface area contributed by atoms with Gasteiger partial charge in [-0.25, -0.2) is 15.0 Å². The highest BCUT2D eigenvalue weighted by molar-refractivity contribution is 6.19. The summed E-state index contributed by atoms with van der Waals surface area (Å²) in [6.45, 7) is 0. The van der Waals surface area contributed by atoms with Crippen LogP contribution in [-0.2, 0) is 0 Å². The van der Waals surface area contributed by atoms with Gasteiger partial charge in [0.15, 0.2) is 17.5 Å². The van der Waals surface area contributed by atoms with Crippen molar-refractivity contribution in [1.82, 2.24) is 15.0 Å². The van der Waals surface area contributed by atoms with Crippen LogP contribution in [0.3, 0.4) is 0 Å². The molecular formula is C47H27N3O. The van der Waals surface area contributed by atoms with Crippen molar-refractivity contribution in [3.8, 4) is 67.5 Å². The predicted octanol–water partition coefficient (Wildman–Crippen LogP) is 12.4. The Hall–Kier alpha value is -6.91. The molecule has 0 spiro atoms.